The highest BCUT2D eigenvalue weighted by molar-refractivity contribution is 7.08. The zero-order chi connectivity index (χ0) is 12.1. The van der Waals surface area contributed by atoms with Gasteiger partial charge in [0, 0.05) is 11.8 Å². The van der Waals surface area contributed by atoms with Gasteiger partial charge in [-0.1, -0.05) is 12.1 Å². The van der Waals surface area contributed by atoms with E-state index in [4.69, 9.17) is 0 Å². The van der Waals surface area contributed by atoms with Gasteiger partial charge in [-0.05, 0) is 53.1 Å². The predicted molar refractivity (Wildman–Crippen MR) is 73.2 cm³/mol. The third-order valence-electron chi connectivity index (χ3n) is 2.26. The van der Waals surface area contributed by atoms with Crippen LogP contribution in [0.4, 0.5) is 5.69 Å². The smallest absolute Gasteiger partial charge is 0.248 e. The number of hydrogen-bond acceptors (Lipinski definition) is 2. The lowest BCUT2D eigenvalue weighted by molar-refractivity contribution is -0.111. The highest BCUT2D eigenvalue weighted by Crippen LogP contribution is 2.10. The van der Waals surface area contributed by atoms with E-state index in [1.54, 1.807) is 17.4 Å². The van der Waals surface area contributed by atoms with Crippen LogP contribution in [0.2, 0.25) is 0 Å². The largest absolute Gasteiger partial charge is 0.323 e. The second-order valence-corrected chi connectivity index (χ2v) is 4.53. The van der Waals surface area contributed by atoms with Crippen LogP contribution in [0.5, 0.6) is 0 Å². The van der Waals surface area contributed by atoms with Crippen LogP contribution >= 0.6 is 11.3 Å². The summed E-state index contributed by atoms with van der Waals surface area (Å²) in [5.41, 5.74) is 3.00. The van der Waals surface area contributed by atoms with Crippen molar-refractivity contribution < 1.29 is 4.79 Å². The third-order valence-corrected chi connectivity index (χ3v) is 2.96. The molecule has 3 heteroatoms. The van der Waals surface area contributed by atoms with E-state index in [2.05, 4.69) is 5.32 Å². The first-order valence-corrected chi connectivity index (χ1v) is 6.26. The minimum atomic E-state index is -0.109. The van der Waals surface area contributed by atoms with Crippen molar-refractivity contribution in [1.82, 2.24) is 0 Å². The van der Waals surface area contributed by atoms with E-state index >= 15 is 0 Å². The number of nitrogens with one attached hydrogen (secondary N) is 1. The maximum atomic E-state index is 11.6. The fraction of sp³-hybridized carbons (Fsp3) is 0.0714. The van der Waals surface area contributed by atoms with E-state index in [0.717, 1.165) is 16.8 Å². The van der Waals surface area contributed by atoms with E-state index in [0.29, 0.717) is 0 Å². The Morgan fingerprint density at radius 1 is 1.35 bits per heavy atom. The topological polar surface area (TPSA) is 29.1 Å². The fourth-order valence-electron chi connectivity index (χ4n) is 1.45. The quantitative estimate of drug-likeness (QED) is 0.818. The number of anilines is 1. The van der Waals surface area contributed by atoms with Crippen LogP contribution in [-0.2, 0) is 4.79 Å². The van der Waals surface area contributed by atoms with Gasteiger partial charge in [-0.15, -0.1) is 0 Å². The van der Waals surface area contributed by atoms with Crippen molar-refractivity contribution in [2.24, 2.45) is 0 Å². The molecule has 1 amide bonds. The SMILES string of the molecule is Cc1cccc(NC(=O)/C=C/c2ccsc2)c1. The van der Waals surface area contributed by atoms with Gasteiger partial charge in [0.25, 0.3) is 0 Å². The molecule has 0 aliphatic heterocycles. The van der Waals surface area contributed by atoms with Gasteiger partial charge in [0.2, 0.25) is 5.91 Å². The number of rotatable bonds is 3. The van der Waals surface area contributed by atoms with Gasteiger partial charge in [0.05, 0.1) is 0 Å². The Morgan fingerprint density at radius 3 is 2.94 bits per heavy atom. The highest BCUT2D eigenvalue weighted by Gasteiger charge is 1.97. The normalized spacial score (nSPS) is 10.6. The van der Waals surface area contributed by atoms with Crippen molar-refractivity contribution in [2.75, 3.05) is 5.32 Å². The molecule has 2 aromatic rings. The Labute approximate surface area is 105 Å². The summed E-state index contributed by atoms with van der Waals surface area (Å²) in [6.07, 6.45) is 3.35. The number of benzene rings is 1. The summed E-state index contributed by atoms with van der Waals surface area (Å²) >= 11 is 1.61. The molecule has 1 N–H and O–H groups in total. The van der Waals surface area contributed by atoms with Crippen LogP contribution in [0.3, 0.4) is 0 Å². The van der Waals surface area contributed by atoms with Crippen molar-refractivity contribution in [1.29, 1.82) is 0 Å². The first kappa shape index (κ1) is 11.6. The minimum absolute atomic E-state index is 0.109. The van der Waals surface area contributed by atoms with E-state index in [1.165, 1.54) is 0 Å². The number of amides is 1. The van der Waals surface area contributed by atoms with E-state index in [9.17, 15) is 4.79 Å². The zero-order valence-corrected chi connectivity index (χ0v) is 10.3. The van der Waals surface area contributed by atoms with Crippen LogP contribution in [0.25, 0.3) is 6.08 Å². The molecule has 0 saturated heterocycles. The summed E-state index contributed by atoms with van der Waals surface area (Å²) in [6.45, 7) is 2.00. The van der Waals surface area contributed by atoms with Crippen molar-refractivity contribution in [3.63, 3.8) is 0 Å². The lowest BCUT2D eigenvalue weighted by atomic mass is 10.2. The summed E-state index contributed by atoms with van der Waals surface area (Å²) in [4.78, 5) is 11.6. The van der Waals surface area contributed by atoms with E-state index in [-0.39, 0.29) is 5.91 Å². The molecule has 0 spiro atoms. The fourth-order valence-corrected chi connectivity index (χ4v) is 2.08. The molecule has 0 aliphatic rings. The molecule has 0 atom stereocenters. The van der Waals surface area contributed by atoms with Crippen molar-refractivity contribution in [3.8, 4) is 0 Å². The van der Waals surface area contributed by atoms with Crippen LogP contribution in [0.1, 0.15) is 11.1 Å². The molecule has 17 heavy (non-hydrogen) atoms. The zero-order valence-electron chi connectivity index (χ0n) is 9.51. The summed E-state index contributed by atoms with van der Waals surface area (Å²) in [5.74, 6) is -0.109. The van der Waals surface area contributed by atoms with Crippen LogP contribution in [0.15, 0.2) is 47.2 Å². The van der Waals surface area contributed by atoms with Crippen LogP contribution < -0.4 is 5.32 Å². The molecule has 1 aromatic carbocycles. The molecule has 1 heterocycles. The third kappa shape index (κ3) is 3.57. The van der Waals surface area contributed by atoms with Crippen LogP contribution in [0, 0.1) is 6.92 Å². The van der Waals surface area contributed by atoms with Gasteiger partial charge in [-0.3, -0.25) is 4.79 Å². The maximum Gasteiger partial charge on any atom is 0.248 e. The lowest BCUT2D eigenvalue weighted by Gasteiger charge is -2.02. The van der Waals surface area contributed by atoms with Gasteiger partial charge in [0.15, 0.2) is 0 Å². The molecule has 0 aliphatic carbocycles. The second kappa shape index (κ2) is 5.46. The summed E-state index contributed by atoms with van der Waals surface area (Å²) in [7, 11) is 0. The van der Waals surface area contributed by atoms with E-state index in [1.807, 2.05) is 54.1 Å². The standard InChI is InChI=1S/C14H13NOS/c1-11-3-2-4-13(9-11)15-14(16)6-5-12-7-8-17-10-12/h2-10H,1H3,(H,15,16)/b6-5+. The molecule has 0 fully saturated rings. The molecule has 86 valence electrons. The monoisotopic (exact) mass is 243 g/mol. The second-order valence-electron chi connectivity index (χ2n) is 3.75. The molecule has 0 radical (unpaired) electrons. The number of thiophene rings is 1. The van der Waals surface area contributed by atoms with Gasteiger partial charge >= 0.3 is 0 Å². The Morgan fingerprint density at radius 2 is 2.24 bits per heavy atom. The number of carbonyl (C=O) groups is 1. The van der Waals surface area contributed by atoms with Gasteiger partial charge in [-0.25, -0.2) is 0 Å². The Kier molecular flexibility index (Phi) is 3.73. The summed E-state index contributed by atoms with van der Waals surface area (Å²) < 4.78 is 0. The molecule has 0 saturated carbocycles. The first-order chi connectivity index (χ1) is 8.24. The summed E-state index contributed by atoms with van der Waals surface area (Å²) in [6, 6.07) is 9.71. The van der Waals surface area contributed by atoms with E-state index < -0.39 is 0 Å². The lowest BCUT2D eigenvalue weighted by Crippen LogP contribution is -2.07. The molecule has 0 unspecified atom stereocenters. The Bertz CT molecular complexity index is 529. The average molecular weight is 243 g/mol. The molecule has 0 bridgehead atoms. The number of carbonyl (C=O) groups excluding carboxylic acids is 1. The minimum Gasteiger partial charge on any atom is -0.323 e. The average Bonchev–Trinajstić information content (AvgIpc) is 2.79. The van der Waals surface area contributed by atoms with Crippen LogP contribution in [-0.4, -0.2) is 5.91 Å². The Hall–Kier alpha value is -1.87. The summed E-state index contributed by atoms with van der Waals surface area (Å²) in [5, 5.41) is 6.80. The van der Waals surface area contributed by atoms with Gasteiger partial charge < -0.3 is 5.32 Å². The first-order valence-electron chi connectivity index (χ1n) is 5.32. The number of hydrogen-bond donors (Lipinski definition) is 1. The van der Waals surface area contributed by atoms with Gasteiger partial charge in [0.1, 0.15) is 0 Å². The van der Waals surface area contributed by atoms with Gasteiger partial charge in [-0.2, -0.15) is 11.3 Å². The molecule has 1 aromatic heterocycles. The van der Waals surface area contributed by atoms with Crippen molar-refractivity contribution in [2.45, 2.75) is 6.92 Å². The molecular weight excluding hydrogens is 230 g/mol. The predicted octanol–water partition coefficient (Wildman–Crippen LogP) is 3.71. The Balaban J connectivity index is 1.98. The van der Waals surface area contributed by atoms with Crippen molar-refractivity contribution in [3.05, 3.63) is 58.3 Å². The molecule has 2 rings (SSSR count). The highest BCUT2D eigenvalue weighted by atomic mass is 32.1. The van der Waals surface area contributed by atoms with Crippen molar-refractivity contribution >= 4 is 29.0 Å². The number of aryl methyl sites for hydroxylation is 1. The molecule has 2 nitrogen and oxygen atoms in total. The molecular formula is C14H13NOS. The maximum absolute atomic E-state index is 11.6.